The molecule has 0 aliphatic carbocycles. The number of benzene rings is 2. The summed E-state index contributed by atoms with van der Waals surface area (Å²) >= 11 is 0. The average molecular weight is 1050 g/mol. The van der Waals surface area contributed by atoms with Gasteiger partial charge in [-0.05, 0) is 87.9 Å². The number of aromatic amines is 1. The van der Waals surface area contributed by atoms with Crippen LogP contribution < -0.4 is 66.3 Å². The Morgan fingerprint density at radius 1 is 0.763 bits per heavy atom. The highest BCUT2D eigenvalue weighted by Crippen LogP contribution is 2.27. The molecule has 19 N–H and O–H groups in total. The number of fused-ring (bicyclic) bond motifs is 1. The van der Waals surface area contributed by atoms with Crippen LogP contribution in [-0.4, -0.2) is 126 Å². The molecular formula is C51H72N16O9. The van der Waals surface area contributed by atoms with Crippen LogP contribution in [0.2, 0.25) is 0 Å². The van der Waals surface area contributed by atoms with Gasteiger partial charge in [-0.2, -0.15) is 0 Å². The number of para-hydroxylation sites is 2. The normalized spacial score (nSPS) is 21.1. The van der Waals surface area contributed by atoms with Gasteiger partial charge in [0.15, 0.2) is 23.4 Å². The molecule has 4 rings (SSSR count). The van der Waals surface area contributed by atoms with Gasteiger partial charge in [0.25, 0.3) is 0 Å². The number of carbonyl (C=O) groups excluding carboxylic acids is 9. The van der Waals surface area contributed by atoms with Crippen molar-refractivity contribution < 1.29 is 43.2 Å². The quantitative estimate of drug-likeness (QED) is 0.0306. The Morgan fingerprint density at radius 2 is 1.43 bits per heavy atom. The molecule has 1 saturated heterocycles. The highest BCUT2D eigenvalue weighted by atomic mass is 16.2. The van der Waals surface area contributed by atoms with E-state index in [1.165, 1.54) is 13.0 Å². The molecule has 0 bridgehead atoms. The Labute approximate surface area is 440 Å². The number of guanidine groups is 2. The fourth-order valence-corrected chi connectivity index (χ4v) is 8.81. The number of Topliss-reactive ketones (excluding diaryl/α,β-unsaturated/α-hetero) is 2. The minimum atomic E-state index is -1.48. The lowest BCUT2D eigenvalue weighted by molar-refractivity contribution is -0.135. The van der Waals surface area contributed by atoms with Gasteiger partial charge in [-0.3, -0.25) is 53.1 Å². The van der Waals surface area contributed by atoms with Crippen molar-refractivity contribution in [2.45, 2.75) is 121 Å². The van der Waals surface area contributed by atoms with Crippen LogP contribution in [0.15, 0.2) is 64.7 Å². The van der Waals surface area contributed by atoms with E-state index in [-0.39, 0.29) is 114 Å². The summed E-state index contributed by atoms with van der Waals surface area (Å²) in [6.45, 7) is 9.07. The maximum absolute atomic E-state index is 14.8. The maximum Gasteiger partial charge on any atom is 0.243 e. The Balaban J connectivity index is 1.79. The summed E-state index contributed by atoms with van der Waals surface area (Å²) < 4.78 is 0. The van der Waals surface area contributed by atoms with Gasteiger partial charge in [-0.1, -0.05) is 42.5 Å². The van der Waals surface area contributed by atoms with E-state index in [2.05, 4.69) is 51.7 Å². The Hall–Kier alpha value is -8.40. The zero-order valence-electron chi connectivity index (χ0n) is 42.7. The predicted molar refractivity (Wildman–Crippen MR) is 284 cm³/mol. The van der Waals surface area contributed by atoms with E-state index < -0.39 is 108 Å². The lowest BCUT2D eigenvalue weighted by Crippen LogP contribution is -2.58. The summed E-state index contributed by atoms with van der Waals surface area (Å²) in [5.74, 6) is -8.88. The third kappa shape index (κ3) is 19.8. The third-order valence-corrected chi connectivity index (χ3v) is 12.8. The number of aliphatic imine (C=N–C) groups is 2. The van der Waals surface area contributed by atoms with Crippen molar-refractivity contribution in [2.75, 3.05) is 26.2 Å². The first-order chi connectivity index (χ1) is 36.3. The number of amides is 7. The Bertz CT molecular complexity index is 2640. The van der Waals surface area contributed by atoms with Crippen LogP contribution in [0.25, 0.3) is 15.7 Å². The molecule has 0 radical (unpaired) electrons. The van der Waals surface area contributed by atoms with Gasteiger partial charge in [0.1, 0.15) is 30.0 Å². The molecule has 2 aromatic carbocycles. The number of H-pyrrole nitrogens is 1. The molecule has 7 atom stereocenters. The van der Waals surface area contributed by atoms with Gasteiger partial charge >= 0.3 is 0 Å². The summed E-state index contributed by atoms with van der Waals surface area (Å²) in [6.07, 6.45) is 0.564. The minimum Gasteiger partial charge on any atom is -0.370 e. The molecule has 3 aromatic rings. The van der Waals surface area contributed by atoms with Crippen LogP contribution in [0, 0.1) is 18.4 Å². The van der Waals surface area contributed by atoms with Crippen LogP contribution in [0.5, 0.6) is 0 Å². The fraction of sp³-hybridized carbons (Fsp3) is 0.490. The van der Waals surface area contributed by atoms with E-state index in [9.17, 15) is 43.2 Å². The number of rotatable bonds is 18. The van der Waals surface area contributed by atoms with Gasteiger partial charge in [0.2, 0.25) is 41.4 Å². The Morgan fingerprint density at radius 3 is 2.12 bits per heavy atom. The average Bonchev–Trinajstić information content (AvgIpc) is 3.78. The second-order valence-corrected chi connectivity index (χ2v) is 18.6. The van der Waals surface area contributed by atoms with E-state index >= 15 is 0 Å². The second kappa shape index (κ2) is 30.7. The molecule has 1 aromatic heterocycles. The van der Waals surface area contributed by atoms with Gasteiger partial charge < -0.3 is 71.3 Å². The highest BCUT2D eigenvalue weighted by Gasteiger charge is 2.35. The standard InChI is InChI=1S/C51H72N16O9/c1-29(68)63-38(16-9-23-61-51(56)57)47(74)65-39-17-18-44(71)59-21-8-15-37(45(53)72)64-46(73)32(24-33-28-62-36-14-6-4-12-34(33)36)27-42(69)31(11-7-22-60-50(54)55)26-43(70)41(25-30-10-3-5-13-35(30)58-2)67-49(76)40(19-20-52)66-48(39)75/h3-6,10,12-14,28,31-32,37-41,62H,7-9,11,15-27,52H2,1H3,(H2,53,72)(H,59,71)(H,63,68)(H,64,73)(H,65,74)(H,66,75)(H,67,76)(H4,54,55,60)(H4,56,57,61)/t31-,32-,37+,38+,39+,40+,41-/m1/s1. The molecule has 2 heterocycles. The molecule has 0 saturated carbocycles. The monoisotopic (exact) mass is 1050 g/mol. The maximum atomic E-state index is 14.8. The number of nitrogens with two attached hydrogens (primary N) is 6. The van der Waals surface area contributed by atoms with Crippen LogP contribution in [0.3, 0.4) is 0 Å². The topological polar surface area (TPSA) is 427 Å². The lowest BCUT2D eigenvalue weighted by atomic mass is 9.83. The number of nitrogens with one attached hydrogen (secondary N) is 7. The SMILES string of the molecule is [C-]#[N+]c1ccccc1C[C@H]1NC(=O)[C@H](CCN)NC(=O)[C@@H](NC(=O)[C@H](CCCN=C(N)N)NC(C)=O)CCC(=O)NCCC[C@@H](C(N)=O)NC(=O)[C@H](Cc2c[nH]c3ccccc23)CC(=O)[C@H](CCCN=C(N)N)CC1=O. The van der Waals surface area contributed by atoms with Gasteiger partial charge in [-0.25, -0.2) is 4.85 Å². The molecule has 410 valence electrons. The smallest absolute Gasteiger partial charge is 0.243 e. The van der Waals surface area contributed by atoms with Crippen LogP contribution in [-0.2, 0) is 56.0 Å². The number of ketones is 2. The van der Waals surface area contributed by atoms with Crippen molar-refractivity contribution in [3.8, 4) is 0 Å². The van der Waals surface area contributed by atoms with E-state index in [1.54, 1.807) is 24.4 Å². The van der Waals surface area contributed by atoms with Crippen molar-refractivity contribution in [2.24, 2.45) is 56.2 Å². The zero-order chi connectivity index (χ0) is 55.7. The van der Waals surface area contributed by atoms with E-state index in [1.807, 2.05) is 24.3 Å². The lowest BCUT2D eigenvalue weighted by Gasteiger charge is -2.27. The number of aromatic nitrogens is 1. The van der Waals surface area contributed by atoms with E-state index in [0.717, 1.165) is 10.9 Å². The molecule has 1 fully saturated rings. The Kier molecular flexibility index (Phi) is 24.3. The van der Waals surface area contributed by atoms with Gasteiger partial charge in [-0.15, -0.1) is 0 Å². The molecule has 7 amide bonds. The molecular weight excluding hydrogens is 981 g/mol. The van der Waals surface area contributed by atoms with Crippen molar-refractivity contribution in [3.05, 3.63) is 77.3 Å². The van der Waals surface area contributed by atoms with Crippen molar-refractivity contribution >= 4 is 81.4 Å². The summed E-state index contributed by atoms with van der Waals surface area (Å²) in [6, 6.07) is 7.08. The number of hydrogen-bond acceptors (Lipinski definition) is 12. The third-order valence-electron chi connectivity index (χ3n) is 12.8. The van der Waals surface area contributed by atoms with Crippen LogP contribution >= 0.6 is 0 Å². The van der Waals surface area contributed by atoms with Crippen molar-refractivity contribution in [3.63, 3.8) is 0 Å². The molecule has 25 heteroatoms. The van der Waals surface area contributed by atoms with Gasteiger partial charge in [0.05, 0.1) is 12.6 Å². The first-order valence-corrected chi connectivity index (χ1v) is 25.2. The second-order valence-electron chi connectivity index (χ2n) is 18.6. The van der Waals surface area contributed by atoms with Crippen molar-refractivity contribution in [1.82, 2.24) is 36.9 Å². The molecule has 76 heavy (non-hydrogen) atoms. The van der Waals surface area contributed by atoms with Crippen LogP contribution in [0.1, 0.15) is 88.7 Å². The fourth-order valence-electron chi connectivity index (χ4n) is 8.81. The summed E-state index contributed by atoms with van der Waals surface area (Å²) in [5.41, 5.74) is 35.9. The number of primary amides is 1. The van der Waals surface area contributed by atoms with E-state index in [0.29, 0.717) is 11.1 Å². The summed E-state index contributed by atoms with van der Waals surface area (Å²) in [4.78, 5) is 140. The number of carbonyl (C=O) groups is 9. The molecule has 0 spiro atoms. The predicted octanol–water partition coefficient (Wildman–Crippen LogP) is -1.27. The van der Waals surface area contributed by atoms with Crippen LogP contribution in [0.4, 0.5) is 5.69 Å². The van der Waals surface area contributed by atoms with Gasteiger partial charge in [0, 0.05) is 74.8 Å². The number of nitrogens with zero attached hydrogens (tertiary/aromatic N) is 3. The minimum absolute atomic E-state index is 0.00477. The summed E-state index contributed by atoms with van der Waals surface area (Å²) in [5, 5.41) is 16.7. The highest BCUT2D eigenvalue weighted by molar-refractivity contribution is 5.98. The van der Waals surface area contributed by atoms with E-state index in [4.69, 9.17) is 41.0 Å². The molecule has 1 aliphatic rings. The molecule has 1 aliphatic heterocycles. The first kappa shape index (κ1) is 60.2. The van der Waals surface area contributed by atoms with Crippen molar-refractivity contribution in [1.29, 1.82) is 0 Å². The first-order valence-electron chi connectivity index (χ1n) is 25.2. The molecule has 25 nitrogen and oxygen atoms in total. The zero-order valence-corrected chi connectivity index (χ0v) is 42.7. The molecule has 0 unspecified atom stereocenters. The number of hydrogen-bond donors (Lipinski definition) is 13. The largest absolute Gasteiger partial charge is 0.370 e. The summed E-state index contributed by atoms with van der Waals surface area (Å²) in [7, 11) is 0.